The summed E-state index contributed by atoms with van der Waals surface area (Å²) in [4.78, 5) is 9.85. The molecule has 5 N–H and O–H groups in total. The first-order chi connectivity index (χ1) is 12.9. The Morgan fingerprint density at radius 1 is 1.43 bits per heavy atom. The molecule has 2 heterocycles. The zero-order chi connectivity index (χ0) is 21.1. The van der Waals surface area contributed by atoms with Gasteiger partial charge >= 0.3 is 6.01 Å². The Hall–Kier alpha value is -2.72. The van der Waals surface area contributed by atoms with Gasteiger partial charge in [-0.25, -0.2) is 8.78 Å². The fourth-order valence-electron chi connectivity index (χ4n) is 2.49. The third-order valence-corrected chi connectivity index (χ3v) is 3.99. The van der Waals surface area contributed by atoms with E-state index in [4.69, 9.17) is 21.1 Å². The number of halogens is 2. The Kier molecular flexibility index (Phi) is 6.25. The number of alkyl halides is 2. The number of rotatable bonds is 7. The third kappa shape index (κ3) is 5.64. The van der Waals surface area contributed by atoms with Crippen molar-refractivity contribution in [2.45, 2.75) is 40.0 Å². The van der Waals surface area contributed by atoms with Gasteiger partial charge < -0.3 is 31.3 Å². The lowest BCUT2D eigenvalue weighted by molar-refractivity contribution is 0.0256. The Balaban J connectivity index is 2.33. The standard InChI is InChI=1S/C17H27F2N7O2/c1-10(20)11(25-27)7-22-13-12(21)14(26-6-5-17(18,19)8-26)24-15(23-13)28-9-16(2,3)4/h20,27H,5-9,21H2,1-4H3,(H,22,23,24)/b20-10?,25-11-. The quantitative estimate of drug-likeness (QED) is 0.315. The van der Waals surface area contributed by atoms with Gasteiger partial charge in [-0.1, -0.05) is 25.9 Å². The topological polar surface area (TPSA) is 133 Å². The molecule has 0 atom stereocenters. The van der Waals surface area contributed by atoms with Crippen molar-refractivity contribution in [3.05, 3.63) is 0 Å². The van der Waals surface area contributed by atoms with Crippen molar-refractivity contribution in [1.29, 1.82) is 5.41 Å². The van der Waals surface area contributed by atoms with Crippen LogP contribution in [0.25, 0.3) is 0 Å². The number of aromatic nitrogens is 2. The van der Waals surface area contributed by atoms with Crippen molar-refractivity contribution in [1.82, 2.24) is 9.97 Å². The SMILES string of the molecule is CC(=N)/C(CNc1nc(OCC(C)(C)C)nc(N2CCC(F)(F)C2)c1N)=N\O. The van der Waals surface area contributed by atoms with Gasteiger partial charge in [-0.3, -0.25) is 0 Å². The average molecular weight is 399 g/mol. The zero-order valence-electron chi connectivity index (χ0n) is 16.5. The third-order valence-electron chi connectivity index (χ3n) is 3.99. The van der Waals surface area contributed by atoms with Crippen LogP contribution in [0.2, 0.25) is 0 Å². The van der Waals surface area contributed by atoms with Crippen molar-refractivity contribution in [2.24, 2.45) is 10.6 Å². The lowest BCUT2D eigenvalue weighted by atomic mass is 9.99. The highest BCUT2D eigenvalue weighted by Crippen LogP contribution is 2.36. The molecule has 0 bridgehead atoms. The van der Waals surface area contributed by atoms with E-state index in [1.807, 2.05) is 20.8 Å². The van der Waals surface area contributed by atoms with Gasteiger partial charge in [0.1, 0.15) is 11.4 Å². The van der Waals surface area contributed by atoms with Crippen LogP contribution in [0.3, 0.4) is 0 Å². The van der Waals surface area contributed by atoms with E-state index in [9.17, 15) is 8.78 Å². The van der Waals surface area contributed by atoms with E-state index < -0.39 is 12.5 Å². The minimum Gasteiger partial charge on any atom is -0.463 e. The first-order valence-corrected chi connectivity index (χ1v) is 8.85. The highest BCUT2D eigenvalue weighted by molar-refractivity contribution is 6.41. The van der Waals surface area contributed by atoms with Crippen LogP contribution in [0, 0.1) is 10.8 Å². The largest absolute Gasteiger partial charge is 0.463 e. The van der Waals surface area contributed by atoms with E-state index in [0.29, 0.717) is 6.61 Å². The van der Waals surface area contributed by atoms with Gasteiger partial charge in [0.25, 0.3) is 5.92 Å². The molecule has 2 rings (SSSR count). The molecule has 0 spiro atoms. The molecule has 1 aliphatic heterocycles. The lowest BCUT2D eigenvalue weighted by Crippen LogP contribution is -2.28. The van der Waals surface area contributed by atoms with Crippen LogP contribution < -0.4 is 20.7 Å². The minimum absolute atomic E-state index is 0.00547. The molecular formula is C17H27F2N7O2. The number of nitrogens with one attached hydrogen (secondary N) is 2. The summed E-state index contributed by atoms with van der Waals surface area (Å²) in [6, 6.07) is 0.00547. The molecular weight excluding hydrogens is 372 g/mol. The normalized spacial score (nSPS) is 16.9. The fourth-order valence-corrected chi connectivity index (χ4v) is 2.49. The summed E-state index contributed by atoms with van der Waals surface area (Å²) in [6.45, 7) is 7.29. The summed E-state index contributed by atoms with van der Waals surface area (Å²) in [7, 11) is 0. The van der Waals surface area contributed by atoms with E-state index >= 15 is 0 Å². The van der Waals surface area contributed by atoms with Crippen molar-refractivity contribution in [3.63, 3.8) is 0 Å². The summed E-state index contributed by atoms with van der Waals surface area (Å²) in [5, 5.41) is 22.5. The molecule has 28 heavy (non-hydrogen) atoms. The second-order valence-corrected chi connectivity index (χ2v) is 7.99. The maximum absolute atomic E-state index is 13.7. The van der Waals surface area contributed by atoms with Crippen molar-refractivity contribution in [2.75, 3.05) is 42.2 Å². The number of ether oxygens (including phenoxy) is 1. The first kappa shape index (κ1) is 21.6. The molecule has 1 fully saturated rings. The van der Waals surface area contributed by atoms with Crippen molar-refractivity contribution < 1.29 is 18.7 Å². The Morgan fingerprint density at radius 2 is 2.11 bits per heavy atom. The fraction of sp³-hybridized carbons (Fsp3) is 0.647. The lowest BCUT2D eigenvalue weighted by Gasteiger charge is -2.23. The van der Waals surface area contributed by atoms with Gasteiger partial charge in [0.05, 0.1) is 25.4 Å². The molecule has 1 aromatic rings. The van der Waals surface area contributed by atoms with E-state index in [2.05, 4.69) is 20.4 Å². The van der Waals surface area contributed by atoms with Crippen LogP contribution in [0.1, 0.15) is 34.1 Å². The average Bonchev–Trinajstić information content (AvgIpc) is 2.94. The molecule has 0 aliphatic carbocycles. The molecule has 0 radical (unpaired) electrons. The van der Waals surface area contributed by atoms with Gasteiger partial charge in [0.2, 0.25) is 0 Å². The van der Waals surface area contributed by atoms with E-state index in [-0.39, 0.29) is 59.7 Å². The summed E-state index contributed by atoms with van der Waals surface area (Å²) in [5.41, 5.74) is 6.19. The number of anilines is 3. The summed E-state index contributed by atoms with van der Waals surface area (Å²) in [6.07, 6.45) is -0.286. The van der Waals surface area contributed by atoms with Crippen LogP contribution in [0.15, 0.2) is 5.16 Å². The highest BCUT2D eigenvalue weighted by Gasteiger charge is 2.40. The number of nitrogens with two attached hydrogens (primary N) is 1. The predicted octanol–water partition coefficient (Wildman–Crippen LogP) is 2.61. The molecule has 11 heteroatoms. The van der Waals surface area contributed by atoms with E-state index in [1.54, 1.807) is 0 Å². The van der Waals surface area contributed by atoms with Gasteiger partial charge in [-0.2, -0.15) is 9.97 Å². The van der Waals surface area contributed by atoms with Crippen molar-refractivity contribution in [3.8, 4) is 6.01 Å². The number of oxime groups is 1. The van der Waals surface area contributed by atoms with Crippen LogP contribution in [0.5, 0.6) is 6.01 Å². The molecule has 9 nitrogen and oxygen atoms in total. The van der Waals surface area contributed by atoms with Crippen LogP contribution >= 0.6 is 0 Å². The van der Waals surface area contributed by atoms with Crippen LogP contribution in [0.4, 0.5) is 26.1 Å². The maximum Gasteiger partial charge on any atom is 0.320 e. The molecule has 1 aliphatic rings. The van der Waals surface area contributed by atoms with Crippen LogP contribution in [-0.2, 0) is 0 Å². The summed E-state index contributed by atoms with van der Waals surface area (Å²) in [5.74, 6) is -2.50. The monoisotopic (exact) mass is 399 g/mol. The molecule has 1 saturated heterocycles. The van der Waals surface area contributed by atoms with E-state index in [1.165, 1.54) is 11.8 Å². The first-order valence-electron chi connectivity index (χ1n) is 8.85. The molecule has 1 aromatic heterocycles. The van der Waals surface area contributed by atoms with Crippen LogP contribution in [-0.4, -0.2) is 58.8 Å². The number of nitrogens with zero attached hydrogens (tertiary/aromatic N) is 4. The summed E-state index contributed by atoms with van der Waals surface area (Å²) < 4.78 is 33.0. The Labute approximate surface area is 162 Å². The van der Waals surface area contributed by atoms with Gasteiger partial charge in [0.15, 0.2) is 11.6 Å². The molecule has 0 aromatic carbocycles. The number of hydrogen-bond donors (Lipinski definition) is 4. The Morgan fingerprint density at radius 3 is 2.61 bits per heavy atom. The van der Waals surface area contributed by atoms with Gasteiger partial charge in [0, 0.05) is 13.0 Å². The van der Waals surface area contributed by atoms with E-state index in [0.717, 1.165) is 0 Å². The predicted molar refractivity (Wildman–Crippen MR) is 104 cm³/mol. The molecule has 0 unspecified atom stereocenters. The molecule has 0 saturated carbocycles. The molecule has 0 amide bonds. The zero-order valence-corrected chi connectivity index (χ0v) is 16.5. The number of hydrogen-bond acceptors (Lipinski definition) is 9. The summed E-state index contributed by atoms with van der Waals surface area (Å²) >= 11 is 0. The minimum atomic E-state index is -2.81. The number of nitrogen functional groups attached to an aromatic ring is 1. The smallest absolute Gasteiger partial charge is 0.320 e. The molecule has 156 valence electrons. The second kappa shape index (κ2) is 8.11. The maximum atomic E-state index is 13.7. The van der Waals surface area contributed by atoms with Crippen molar-refractivity contribution >= 4 is 28.7 Å². The van der Waals surface area contributed by atoms with Gasteiger partial charge in [-0.05, 0) is 12.3 Å². The Bertz CT molecular complexity index is 763. The second-order valence-electron chi connectivity index (χ2n) is 7.99. The van der Waals surface area contributed by atoms with Gasteiger partial charge in [-0.15, -0.1) is 0 Å². The highest BCUT2D eigenvalue weighted by atomic mass is 19.3.